The molecule has 0 spiro atoms. The van der Waals surface area contributed by atoms with Gasteiger partial charge in [0, 0.05) is 31.9 Å². The molecule has 0 saturated carbocycles. The minimum atomic E-state index is -0.225. The maximum Gasteiger partial charge on any atom is 0.287 e. The van der Waals surface area contributed by atoms with E-state index in [2.05, 4.69) is 42.9 Å². The fourth-order valence-corrected chi connectivity index (χ4v) is 2.61. The van der Waals surface area contributed by atoms with Crippen LogP contribution < -0.4 is 5.32 Å². The second kappa shape index (κ2) is 7.28. The third-order valence-corrected chi connectivity index (χ3v) is 3.85. The Morgan fingerprint density at radius 1 is 1.22 bits per heavy atom. The molecule has 0 bridgehead atoms. The quantitative estimate of drug-likeness (QED) is 0.721. The van der Waals surface area contributed by atoms with Crippen molar-refractivity contribution in [1.82, 2.24) is 14.9 Å². The van der Waals surface area contributed by atoms with Crippen molar-refractivity contribution in [2.75, 3.05) is 6.54 Å². The molecule has 1 amide bonds. The lowest BCUT2D eigenvalue weighted by atomic mass is 10.2. The number of halogens is 1. The van der Waals surface area contributed by atoms with E-state index in [1.165, 1.54) is 5.56 Å². The highest BCUT2D eigenvalue weighted by molar-refractivity contribution is 9.10. The molecule has 0 radical (unpaired) electrons. The summed E-state index contributed by atoms with van der Waals surface area (Å²) in [7, 11) is 0. The second-order valence-electron chi connectivity index (χ2n) is 5.07. The third kappa shape index (κ3) is 4.10. The van der Waals surface area contributed by atoms with Gasteiger partial charge in [0.2, 0.25) is 0 Å². The maximum absolute atomic E-state index is 11.9. The van der Waals surface area contributed by atoms with E-state index in [9.17, 15) is 4.79 Å². The van der Waals surface area contributed by atoms with Crippen LogP contribution >= 0.6 is 15.9 Å². The minimum Gasteiger partial charge on any atom is -0.444 e. The highest BCUT2D eigenvalue weighted by Crippen LogP contribution is 2.13. The monoisotopic (exact) mass is 373 g/mol. The molecule has 23 heavy (non-hydrogen) atoms. The molecule has 2 aromatic heterocycles. The molecule has 6 heteroatoms. The van der Waals surface area contributed by atoms with Gasteiger partial charge in [0.05, 0.1) is 0 Å². The van der Waals surface area contributed by atoms with Crippen LogP contribution in [0.4, 0.5) is 0 Å². The molecular weight excluding hydrogens is 358 g/mol. The third-order valence-electron chi connectivity index (χ3n) is 3.43. The summed E-state index contributed by atoms with van der Waals surface area (Å²) in [5.41, 5.74) is 1.22. The molecule has 0 aliphatic carbocycles. The van der Waals surface area contributed by atoms with Crippen molar-refractivity contribution in [1.29, 1.82) is 0 Å². The Morgan fingerprint density at radius 2 is 2.04 bits per heavy atom. The zero-order valence-corrected chi connectivity index (χ0v) is 14.0. The van der Waals surface area contributed by atoms with E-state index in [0.717, 1.165) is 12.4 Å². The summed E-state index contributed by atoms with van der Waals surface area (Å²) in [4.78, 5) is 16.3. The number of aromatic nitrogens is 2. The van der Waals surface area contributed by atoms with Gasteiger partial charge in [-0.1, -0.05) is 30.3 Å². The van der Waals surface area contributed by atoms with Crippen LogP contribution in [0.5, 0.6) is 0 Å². The Kier molecular flexibility index (Phi) is 4.92. The highest BCUT2D eigenvalue weighted by atomic mass is 79.9. The predicted octanol–water partition coefficient (Wildman–Crippen LogP) is 3.26. The van der Waals surface area contributed by atoms with Gasteiger partial charge in [0.25, 0.3) is 5.91 Å². The zero-order valence-electron chi connectivity index (χ0n) is 12.4. The Morgan fingerprint density at radius 3 is 2.78 bits per heavy atom. The maximum atomic E-state index is 11.9. The number of carbonyl (C=O) groups is 1. The van der Waals surface area contributed by atoms with Crippen LogP contribution in [0, 0.1) is 0 Å². The topological polar surface area (TPSA) is 60.1 Å². The molecule has 0 fully saturated rings. The fraction of sp³-hybridized carbons (Fsp3) is 0.176. The first-order valence-corrected chi connectivity index (χ1v) is 8.09. The summed E-state index contributed by atoms with van der Waals surface area (Å²) in [6.07, 6.45) is 4.39. The molecule has 118 valence electrons. The lowest BCUT2D eigenvalue weighted by Crippen LogP contribution is -2.26. The number of amides is 1. The van der Waals surface area contributed by atoms with E-state index < -0.39 is 0 Å². The van der Waals surface area contributed by atoms with E-state index in [0.29, 0.717) is 23.4 Å². The molecule has 2 heterocycles. The van der Waals surface area contributed by atoms with E-state index in [-0.39, 0.29) is 5.91 Å². The smallest absolute Gasteiger partial charge is 0.287 e. The van der Waals surface area contributed by atoms with Gasteiger partial charge in [-0.05, 0) is 33.6 Å². The summed E-state index contributed by atoms with van der Waals surface area (Å²) in [5, 5.41) is 2.83. The van der Waals surface area contributed by atoms with Crippen molar-refractivity contribution >= 4 is 21.8 Å². The molecule has 0 aliphatic rings. The number of hydrogen-bond acceptors (Lipinski definition) is 3. The number of carbonyl (C=O) groups excluding carboxylic acids is 1. The van der Waals surface area contributed by atoms with Gasteiger partial charge in [-0.3, -0.25) is 4.79 Å². The second-order valence-corrected chi connectivity index (χ2v) is 5.85. The van der Waals surface area contributed by atoms with Crippen molar-refractivity contribution < 1.29 is 9.21 Å². The molecule has 0 aliphatic heterocycles. The van der Waals surface area contributed by atoms with Gasteiger partial charge in [-0.2, -0.15) is 0 Å². The summed E-state index contributed by atoms with van der Waals surface area (Å²) >= 11 is 3.18. The first-order valence-electron chi connectivity index (χ1n) is 7.30. The van der Waals surface area contributed by atoms with Crippen LogP contribution in [0.25, 0.3) is 0 Å². The molecule has 1 N–H and O–H groups in total. The number of benzene rings is 1. The lowest BCUT2D eigenvalue weighted by molar-refractivity contribution is 0.0925. The van der Waals surface area contributed by atoms with Gasteiger partial charge in [-0.25, -0.2) is 4.98 Å². The number of rotatable bonds is 6. The van der Waals surface area contributed by atoms with Crippen LogP contribution in [-0.4, -0.2) is 22.0 Å². The first kappa shape index (κ1) is 15.6. The molecule has 0 unspecified atom stereocenters. The summed E-state index contributed by atoms with van der Waals surface area (Å²) in [5.74, 6) is 1.01. The largest absolute Gasteiger partial charge is 0.444 e. The minimum absolute atomic E-state index is 0.225. The van der Waals surface area contributed by atoms with Crippen molar-refractivity contribution in [2.24, 2.45) is 0 Å². The lowest BCUT2D eigenvalue weighted by Gasteiger charge is -2.08. The highest BCUT2D eigenvalue weighted by Gasteiger charge is 2.10. The van der Waals surface area contributed by atoms with Gasteiger partial charge < -0.3 is 14.3 Å². The molecule has 5 nitrogen and oxygen atoms in total. The molecule has 0 atom stereocenters. The van der Waals surface area contributed by atoms with Crippen LogP contribution in [0.2, 0.25) is 0 Å². The number of nitrogens with zero attached hydrogens (tertiary/aromatic N) is 2. The van der Waals surface area contributed by atoms with Crippen LogP contribution in [0.1, 0.15) is 21.9 Å². The van der Waals surface area contributed by atoms with E-state index in [1.54, 1.807) is 18.3 Å². The Hall–Kier alpha value is -2.34. The van der Waals surface area contributed by atoms with Crippen molar-refractivity contribution in [3.8, 4) is 0 Å². The SMILES string of the molecule is O=C(NCCc1nccn1Cc1ccccc1)c1ccc(Br)o1. The standard InChI is InChI=1S/C17H16BrN3O2/c18-15-7-6-14(23-15)17(22)20-9-8-16-19-10-11-21(16)12-13-4-2-1-3-5-13/h1-7,10-11H,8-9,12H2,(H,20,22). The number of hydrogen-bond donors (Lipinski definition) is 1. The normalized spacial score (nSPS) is 10.7. The average Bonchev–Trinajstić information content (AvgIpc) is 3.18. The number of furan rings is 1. The number of imidazole rings is 1. The number of nitrogens with one attached hydrogen (secondary N) is 1. The van der Waals surface area contributed by atoms with Gasteiger partial charge in [-0.15, -0.1) is 0 Å². The molecular formula is C17H16BrN3O2. The van der Waals surface area contributed by atoms with Gasteiger partial charge in [0.1, 0.15) is 5.82 Å². The fourth-order valence-electron chi connectivity index (χ4n) is 2.30. The predicted molar refractivity (Wildman–Crippen MR) is 90.2 cm³/mol. The Bertz CT molecular complexity index is 780. The summed E-state index contributed by atoms with van der Waals surface area (Å²) in [6, 6.07) is 13.5. The molecule has 1 aromatic carbocycles. The Balaban J connectivity index is 1.55. The molecule has 3 aromatic rings. The summed E-state index contributed by atoms with van der Waals surface area (Å²) < 4.78 is 7.85. The average molecular weight is 374 g/mol. The van der Waals surface area contributed by atoms with Crippen molar-refractivity contribution in [3.63, 3.8) is 0 Å². The van der Waals surface area contributed by atoms with Gasteiger partial charge >= 0.3 is 0 Å². The van der Waals surface area contributed by atoms with Crippen molar-refractivity contribution in [2.45, 2.75) is 13.0 Å². The van der Waals surface area contributed by atoms with Crippen LogP contribution in [-0.2, 0) is 13.0 Å². The summed E-state index contributed by atoms with van der Waals surface area (Å²) in [6.45, 7) is 1.28. The van der Waals surface area contributed by atoms with E-state index in [1.807, 2.05) is 24.4 Å². The first-order chi connectivity index (χ1) is 11.2. The van der Waals surface area contributed by atoms with Crippen LogP contribution in [0.15, 0.2) is 63.9 Å². The van der Waals surface area contributed by atoms with E-state index in [4.69, 9.17) is 4.42 Å². The van der Waals surface area contributed by atoms with Crippen LogP contribution in [0.3, 0.4) is 0 Å². The van der Waals surface area contributed by atoms with Crippen molar-refractivity contribution in [3.05, 3.63) is 76.7 Å². The molecule has 3 rings (SSSR count). The van der Waals surface area contributed by atoms with Gasteiger partial charge in [0.15, 0.2) is 10.4 Å². The Labute approximate surface area is 142 Å². The molecule has 0 saturated heterocycles. The van der Waals surface area contributed by atoms with E-state index >= 15 is 0 Å². The zero-order chi connectivity index (χ0) is 16.1.